The lowest BCUT2D eigenvalue weighted by Crippen LogP contribution is -2.08. The minimum absolute atomic E-state index is 0.0217. The molecule has 0 amide bonds. The van der Waals surface area contributed by atoms with E-state index in [2.05, 4.69) is 14.5 Å². The van der Waals surface area contributed by atoms with Crippen molar-refractivity contribution in [3.8, 4) is 0 Å². The number of methoxy groups -OCH3 is 2. The van der Waals surface area contributed by atoms with E-state index in [-0.39, 0.29) is 23.1 Å². The van der Waals surface area contributed by atoms with Gasteiger partial charge in [-0.05, 0) is 19.1 Å². The zero-order valence-corrected chi connectivity index (χ0v) is 16.1. The van der Waals surface area contributed by atoms with Crippen LogP contribution in [0.3, 0.4) is 0 Å². The molecule has 0 aromatic heterocycles. The second-order valence-electron chi connectivity index (χ2n) is 5.04. The SMILES string of the molecule is COC(=O)CSC(SCC(=O)OC)=C1N=C(c2ccc(C)cc2)OC1=O. The van der Waals surface area contributed by atoms with Gasteiger partial charge >= 0.3 is 17.9 Å². The van der Waals surface area contributed by atoms with Gasteiger partial charge in [0.2, 0.25) is 5.90 Å². The van der Waals surface area contributed by atoms with E-state index in [1.807, 2.05) is 19.1 Å². The van der Waals surface area contributed by atoms with Crippen molar-refractivity contribution in [3.63, 3.8) is 0 Å². The number of aliphatic imine (C=N–C) groups is 1. The molecule has 0 saturated heterocycles. The lowest BCUT2D eigenvalue weighted by Gasteiger charge is -2.06. The second-order valence-corrected chi connectivity index (χ2v) is 7.27. The van der Waals surface area contributed by atoms with Crippen molar-refractivity contribution in [1.82, 2.24) is 0 Å². The third-order valence-electron chi connectivity index (χ3n) is 3.19. The highest BCUT2D eigenvalue weighted by Gasteiger charge is 2.28. The monoisotopic (exact) mass is 395 g/mol. The number of cyclic esters (lactones) is 1. The summed E-state index contributed by atoms with van der Waals surface area (Å²) in [5.41, 5.74) is 1.79. The molecule has 0 atom stereocenters. The third kappa shape index (κ3) is 5.37. The van der Waals surface area contributed by atoms with Gasteiger partial charge in [-0.15, -0.1) is 23.5 Å². The van der Waals surface area contributed by atoms with E-state index in [0.29, 0.717) is 9.80 Å². The van der Waals surface area contributed by atoms with Crippen LogP contribution in [0.25, 0.3) is 0 Å². The van der Waals surface area contributed by atoms with Gasteiger partial charge in [0, 0.05) is 5.56 Å². The van der Waals surface area contributed by atoms with Gasteiger partial charge in [-0.3, -0.25) is 9.59 Å². The average molecular weight is 395 g/mol. The summed E-state index contributed by atoms with van der Waals surface area (Å²) >= 11 is 2.12. The van der Waals surface area contributed by atoms with Crippen LogP contribution in [0.5, 0.6) is 0 Å². The maximum Gasteiger partial charge on any atom is 0.365 e. The summed E-state index contributed by atoms with van der Waals surface area (Å²) in [4.78, 5) is 39.3. The molecular formula is C17H17NO6S2. The number of carbonyl (C=O) groups is 3. The van der Waals surface area contributed by atoms with E-state index >= 15 is 0 Å². The molecule has 0 radical (unpaired) electrons. The van der Waals surface area contributed by atoms with Crippen LogP contribution >= 0.6 is 23.5 Å². The maximum absolute atomic E-state index is 12.2. The van der Waals surface area contributed by atoms with E-state index in [0.717, 1.165) is 29.1 Å². The molecule has 0 unspecified atom stereocenters. The van der Waals surface area contributed by atoms with Gasteiger partial charge in [-0.2, -0.15) is 0 Å². The highest BCUT2D eigenvalue weighted by molar-refractivity contribution is 8.22. The lowest BCUT2D eigenvalue weighted by molar-refractivity contribution is -0.138. The van der Waals surface area contributed by atoms with E-state index in [1.165, 1.54) is 14.2 Å². The van der Waals surface area contributed by atoms with Gasteiger partial charge in [0.05, 0.1) is 30.0 Å². The number of benzene rings is 1. The van der Waals surface area contributed by atoms with Crippen molar-refractivity contribution in [2.24, 2.45) is 4.99 Å². The molecule has 0 bridgehead atoms. The minimum atomic E-state index is -0.634. The lowest BCUT2D eigenvalue weighted by atomic mass is 10.1. The average Bonchev–Trinajstić information content (AvgIpc) is 3.03. The van der Waals surface area contributed by atoms with Gasteiger partial charge in [0.15, 0.2) is 5.70 Å². The van der Waals surface area contributed by atoms with Crippen molar-refractivity contribution in [2.75, 3.05) is 25.7 Å². The van der Waals surface area contributed by atoms with Crippen LogP contribution in [0.2, 0.25) is 0 Å². The molecule has 9 heteroatoms. The predicted molar refractivity (Wildman–Crippen MR) is 99.8 cm³/mol. The van der Waals surface area contributed by atoms with Gasteiger partial charge < -0.3 is 14.2 Å². The van der Waals surface area contributed by atoms with Gasteiger partial charge in [-0.1, -0.05) is 17.7 Å². The normalized spacial score (nSPS) is 13.1. The Kier molecular flexibility index (Phi) is 7.28. The molecule has 1 aliphatic rings. The van der Waals surface area contributed by atoms with Crippen molar-refractivity contribution >= 4 is 47.3 Å². The van der Waals surface area contributed by atoms with Crippen LogP contribution in [0, 0.1) is 6.92 Å². The standard InChI is InChI=1S/C17H17NO6S2/c1-10-4-6-11(7-5-10)15-18-14(16(21)24-15)17(25-8-12(19)22-2)26-9-13(20)23-3/h4-7H,8-9H2,1-3H3. The summed E-state index contributed by atoms with van der Waals surface area (Å²) in [6.07, 6.45) is 0. The van der Waals surface area contributed by atoms with Crippen molar-refractivity contribution in [1.29, 1.82) is 0 Å². The number of carbonyl (C=O) groups excluding carboxylic acids is 3. The number of aryl methyl sites for hydroxylation is 1. The molecular weight excluding hydrogens is 378 g/mol. The Morgan fingerprint density at radius 3 is 2.08 bits per heavy atom. The molecule has 1 aromatic carbocycles. The first-order chi connectivity index (χ1) is 12.4. The molecule has 0 fully saturated rings. The first kappa shape index (κ1) is 20.1. The summed E-state index contributed by atoms with van der Waals surface area (Å²) in [5.74, 6) is -1.41. The van der Waals surface area contributed by atoms with Crippen LogP contribution < -0.4 is 0 Å². The molecule has 1 aliphatic heterocycles. The van der Waals surface area contributed by atoms with E-state index in [1.54, 1.807) is 12.1 Å². The molecule has 26 heavy (non-hydrogen) atoms. The Bertz CT molecular complexity index is 748. The van der Waals surface area contributed by atoms with Gasteiger partial charge in [0.1, 0.15) is 0 Å². The Hall–Kier alpha value is -2.26. The first-order valence-electron chi connectivity index (χ1n) is 7.46. The molecule has 0 saturated carbocycles. The van der Waals surface area contributed by atoms with E-state index in [4.69, 9.17) is 4.74 Å². The van der Waals surface area contributed by atoms with Crippen LogP contribution in [0.4, 0.5) is 0 Å². The molecule has 0 N–H and O–H groups in total. The maximum atomic E-state index is 12.2. The summed E-state index contributed by atoms with van der Waals surface area (Å²) in [6, 6.07) is 7.36. The van der Waals surface area contributed by atoms with Crippen molar-refractivity contribution in [2.45, 2.75) is 6.92 Å². The molecule has 2 rings (SSSR count). The molecule has 1 aromatic rings. The number of hydrogen-bond donors (Lipinski definition) is 0. The number of hydrogen-bond acceptors (Lipinski definition) is 9. The number of esters is 3. The fraction of sp³-hybridized carbons (Fsp3) is 0.294. The fourth-order valence-electron chi connectivity index (χ4n) is 1.80. The number of thioether (sulfide) groups is 2. The van der Waals surface area contributed by atoms with Crippen molar-refractivity contribution < 1.29 is 28.6 Å². The fourth-order valence-corrected chi connectivity index (χ4v) is 3.75. The summed E-state index contributed by atoms with van der Waals surface area (Å²) in [6.45, 7) is 1.95. The Morgan fingerprint density at radius 2 is 1.58 bits per heavy atom. The van der Waals surface area contributed by atoms with Crippen LogP contribution in [0.15, 0.2) is 39.2 Å². The molecule has 0 spiro atoms. The highest BCUT2D eigenvalue weighted by atomic mass is 32.2. The molecule has 0 aliphatic carbocycles. The van der Waals surface area contributed by atoms with Crippen LogP contribution in [-0.4, -0.2) is 49.5 Å². The molecule has 7 nitrogen and oxygen atoms in total. The molecule has 138 valence electrons. The van der Waals surface area contributed by atoms with E-state index < -0.39 is 17.9 Å². The smallest absolute Gasteiger partial charge is 0.365 e. The predicted octanol–water partition coefficient (Wildman–Crippen LogP) is 2.28. The largest absolute Gasteiger partial charge is 0.468 e. The summed E-state index contributed by atoms with van der Waals surface area (Å²) in [5, 5.41) is 0. The van der Waals surface area contributed by atoms with E-state index in [9.17, 15) is 14.4 Å². The Morgan fingerprint density at radius 1 is 1.04 bits per heavy atom. The van der Waals surface area contributed by atoms with Crippen LogP contribution in [-0.2, 0) is 28.6 Å². The molecule has 1 heterocycles. The van der Waals surface area contributed by atoms with Gasteiger partial charge in [0.25, 0.3) is 0 Å². The zero-order valence-electron chi connectivity index (χ0n) is 14.4. The summed E-state index contributed by atoms with van der Waals surface area (Å²) in [7, 11) is 2.55. The Labute approximate surface area is 159 Å². The Balaban J connectivity index is 2.29. The number of ether oxygens (including phenoxy) is 3. The van der Waals surface area contributed by atoms with Gasteiger partial charge in [-0.25, -0.2) is 9.79 Å². The first-order valence-corrected chi connectivity index (χ1v) is 9.43. The summed E-state index contributed by atoms with van der Waals surface area (Å²) < 4.78 is 14.8. The highest BCUT2D eigenvalue weighted by Crippen LogP contribution is 2.35. The quantitative estimate of drug-likeness (QED) is 0.394. The van der Waals surface area contributed by atoms with Crippen LogP contribution in [0.1, 0.15) is 11.1 Å². The second kappa shape index (κ2) is 9.44. The third-order valence-corrected chi connectivity index (χ3v) is 5.56. The topological polar surface area (TPSA) is 91.3 Å². The zero-order chi connectivity index (χ0) is 19.1. The number of nitrogens with zero attached hydrogens (tertiary/aromatic N) is 1. The number of rotatable bonds is 7. The van der Waals surface area contributed by atoms with Crippen molar-refractivity contribution in [3.05, 3.63) is 45.3 Å². The minimum Gasteiger partial charge on any atom is -0.468 e.